The van der Waals surface area contributed by atoms with Crippen molar-refractivity contribution in [2.45, 2.75) is 84.5 Å². The van der Waals surface area contributed by atoms with Crippen molar-refractivity contribution in [1.82, 2.24) is 14.8 Å². The Labute approximate surface area is 218 Å². The number of anilines is 1. The maximum absolute atomic E-state index is 14.4. The summed E-state index contributed by atoms with van der Waals surface area (Å²) in [5.74, 6) is 1.39. The fraction of sp³-hybridized carbons (Fsp3) is 0.552. The minimum atomic E-state index is -1.67. The van der Waals surface area contributed by atoms with E-state index in [2.05, 4.69) is 24.1 Å². The number of carbonyl (C=O) groups excluding carboxylic acids is 1. The number of fused-ring (bicyclic) bond motifs is 1. The van der Waals surface area contributed by atoms with Gasteiger partial charge in [-0.05, 0) is 83.4 Å². The lowest BCUT2D eigenvalue weighted by molar-refractivity contribution is 0.0288. The van der Waals surface area contributed by atoms with Crippen molar-refractivity contribution in [3.05, 3.63) is 47.9 Å². The van der Waals surface area contributed by atoms with Crippen LogP contribution in [0.4, 0.5) is 10.1 Å². The largest absolute Gasteiger partial charge is 0.488 e. The van der Waals surface area contributed by atoms with Gasteiger partial charge in [-0.1, -0.05) is 19.9 Å². The van der Waals surface area contributed by atoms with E-state index >= 15 is 0 Å². The van der Waals surface area contributed by atoms with Gasteiger partial charge in [0.1, 0.15) is 23.7 Å². The summed E-state index contributed by atoms with van der Waals surface area (Å²) in [6.45, 7) is 10.7. The summed E-state index contributed by atoms with van der Waals surface area (Å²) in [5, 5.41) is 18.8. The highest BCUT2D eigenvalue weighted by Gasteiger charge is 2.26. The Bertz CT molecular complexity index is 1250. The Hall–Kier alpha value is -3.00. The number of ether oxygens (including phenoxy) is 1. The van der Waals surface area contributed by atoms with Crippen LogP contribution in [0.3, 0.4) is 0 Å². The number of rotatable bonds is 8. The molecule has 1 saturated carbocycles. The van der Waals surface area contributed by atoms with Crippen molar-refractivity contribution in [3.63, 3.8) is 0 Å². The number of carbonyl (C=O) groups is 1. The van der Waals surface area contributed by atoms with Crippen LogP contribution in [0.25, 0.3) is 10.9 Å². The predicted octanol–water partition coefficient (Wildman–Crippen LogP) is 6.43. The fourth-order valence-corrected chi connectivity index (χ4v) is 4.84. The zero-order valence-corrected chi connectivity index (χ0v) is 22.7. The number of aromatic nitrogens is 3. The predicted molar refractivity (Wildman–Crippen MR) is 144 cm³/mol. The molecule has 1 aliphatic rings. The monoisotopic (exact) mass is 510 g/mol. The molecule has 4 rings (SSSR count). The second-order valence-corrected chi connectivity index (χ2v) is 11.8. The molecule has 0 radical (unpaired) electrons. The van der Waals surface area contributed by atoms with E-state index in [1.165, 1.54) is 26.7 Å². The molecule has 2 heterocycles. The topological polar surface area (TPSA) is 89.3 Å². The highest BCUT2D eigenvalue weighted by atomic mass is 19.1. The summed E-state index contributed by atoms with van der Waals surface area (Å²) in [6.07, 6.45) is 6.60. The lowest BCUT2D eigenvalue weighted by Crippen LogP contribution is -2.28. The molecule has 2 N–H and O–H groups in total. The van der Waals surface area contributed by atoms with Gasteiger partial charge in [-0.25, -0.2) is 9.37 Å². The summed E-state index contributed by atoms with van der Waals surface area (Å²) in [6, 6.07) is 8.69. The number of hydrogen-bond donors (Lipinski definition) is 2. The van der Waals surface area contributed by atoms with Gasteiger partial charge < -0.3 is 15.2 Å². The number of halogens is 1. The second kappa shape index (κ2) is 10.4. The Morgan fingerprint density at radius 3 is 2.51 bits per heavy atom. The number of benzene rings is 1. The first-order chi connectivity index (χ1) is 17.3. The zero-order chi connectivity index (χ0) is 27.0. The Balaban J connectivity index is 1.62. The summed E-state index contributed by atoms with van der Waals surface area (Å²) < 4.78 is 22.4. The number of aliphatic hydroxyl groups is 1. The lowest BCUT2D eigenvalue weighted by atomic mass is 9.80. The summed E-state index contributed by atoms with van der Waals surface area (Å²) in [5.41, 5.74) is -1.24. The second-order valence-electron chi connectivity index (χ2n) is 11.8. The van der Waals surface area contributed by atoms with Crippen molar-refractivity contribution >= 4 is 22.5 Å². The molecule has 0 atom stereocenters. The number of hydrogen-bond acceptors (Lipinski definition) is 5. The van der Waals surface area contributed by atoms with Crippen LogP contribution < -0.4 is 10.1 Å². The minimum absolute atomic E-state index is 0.0328. The van der Waals surface area contributed by atoms with Crippen molar-refractivity contribution < 1.29 is 19.0 Å². The van der Waals surface area contributed by atoms with E-state index in [1.807, 2.05) is 16.9 Å². The molecule has 1 aromatic carbocycles. The fourth-order valence-electron chi connectivity index (χ4n) is 4.84. The third-order valence-electron chi connectivity index (χ3n) is 7.10. The van der Waals surface area contributed by atoms with Gasteiger partial charge in [0, 0.05) is 17.6 Å². The zero-order valence-electron chi connectivity index (χ0n) is 22.7. The Morgan fingerprint density at radius 1 is 1.19 bits per heavy atom. The number of pyridine rings is 1. The Kier molecular flexibility index (Phi) is 7.60. The van der Waals surface area contributed by atoms with Crippen molar-refractivity contribution in [2.75, 3.05) is 11.9 Å². The molecule has 200 valence electrons. The van der Waals surface area contributed by atoms with E-state index in [0.29, 0.717) is 23.4 Å². The molecule has 8 heteroatoms. The quantitative estimate of drug-likeness (QED) is 0.365. The van der Waals surface area contributed by atoms with Crippen LogP contribution in [0.1, 0.15) is 89.4 Å². The Morgan fingerprint density at radius 2 is 1.89 bits per heavy atom. The van der Waals surface area contributed by atoms with Gasteiger partial charge in [-0.15, -0.1) is 0 Å². The van der Waals surface area contributed by atoms with Crippen LogP contribution in [0.5, 0.6) is 5.75 Å². The number of nitrogens with zero attached hydrogens (tertiary/aromatic N) is 3. The van der Waals surface area contributed by atoms with Gasteiger partial charge in [0.05, 0.1) is 28.5 Å². The van der Waals surface area contributed by atoms with E-state index in [4.69, 9.17) is 9.84 Å². The molecular formula is C29H39FN4O3. The maximum atomic E-state index is 14.4. The van der Waals surface area contributed by atoms with Crippen LogP contribution in [0.2, 0.25) is 0 Å². The van der Waals surface area contributed by atoms with E-state index in [-0.39, 0.29) is 18.0 Å². The minimum Gasteiger partial charge on any atom is -0.488 e. The van der Waals surface area contributed by atoms with Crippen molar-refractivity contribution in [1.29, 1.82) is 0 Å². The standard InChI is InChI=1S/C29H39FN4O3/c1-18(2)19-10-12-21(13-11-19)34-16-20-14-24(25(15-23(20)33-34)37-17-28(3,4)36)32-27(35)22-8-7-9-26(31-22)29(5,6)30/h7-9,14-16,18-19,21,36H,10-13,17H2,1-6H3,(H,32,35). The van der Waals surface area contributed by atoms with E-state index in [9.17, 15) is 14.3 Å². The first-order valence-electron chi connectivity index (χ1n) is 13.2. The maximum Gasteiger partial charge on any atom is 0.274 e. The molecule has 1 fully saturated rings. The first-order valence-corrected chi connectivity index (χ1v) is 13.2. The van der Waals surface area contributed by atoms with Crippen LogP contribution in [0, 0.1) is 11.8 Å². The molecule has 1 amide bonds. The lowest BCUT2D eigenvalue weighted by Gasteiger charge is -2.30. The molecule has 0 aliphatic heterocycles. The van der Waals surface area contributed by atoms with Gasteiger partial charge in [0.25, 0.3) is 5.91 Å². The highest BCUT2D eigenvalue weighted by Crippen LogP contribution is 2.37. The van der Waals surface area contributed by atoms with Crippen LogP contribution in [-0.4, -0.2) is 38.0 Å². The summed E-state index contributed by atoms with van der Waals surface area (Å²) in [7, 11) is 0. The smallest absolute Gasteiger partial charge is 0.274 e. The van der Waals surface area contributed by atoms with E-state index in [0.717, 1.165) is 29.7 Å². The first kappa shape index (κ1) is 27.0. The van der Waals surface area contributed by atoms with Crippen molar-refractivity contribution in [2.24, 2.45) is 11.8 Å². The highest BCUT2D eigenvalue weighted by molar-refractivity contribution is 6.05. The SMILES string of the molecule is CC(C)C1CCC(n2cc3cc(NC(=O)c4cccc(C(C)(C)F)n4)c(OCC(C)(C)O)cc3n2)CC1. The third-order valence-corrected chi connectivity index (χ3v) is 7.10. The normalized spacial score (nSPS) is 18.8. The van der Waals surface area contributed by atoms with Gasteiger partial charge >= 0.3 is 0 Å². The third kappa shape index (κ3) is 6.66. The van der Waals surface area contributed by atoms with Crippen LogP contribution in [-0.2, 0) is 5.67 Å². The molecule has 0 bridgehead atoms. The molecule has 0 unspecified atom stereocenters. The number of alkyl halides is 1. The number of amides is 1. The van der Waals surface area contributed by atoms with Gasteiger partial charge in [0.15, 0.2) is 0 Å². The molecule has 0 spiro atoms. The molecule has 37 heavy (non-hydrogen) atoms. The number of nitrogens with one attached hydrogen (secondary N) is 1. The molecule has 7 nitrogen and oxygen atoms in total. The van der Waals surface area contributed by atoms with Crippen molar-refractivity contribution in [3.8, 4) is 5.75 Å². The van der Waals surface area contributed by atoms with Crippen LogP contribution in [0.15, 0.2) is 36.5 Å². The van der Waals surface area contributed by atoms with Gasteiger partial charge in [-0.2, -0.15) is 5.10 Å². The van der Waals surface area contributed by atoms with Gasteiger partial charge in [0.2, 0.25) is 0 Å². The summed E-state index contributed by atoms with van der Waals surface area (Å²) >= 11 is 0. The average Bonchev–Trinajstić information content (AvgIpc) is 3.24. The van der Waals surface area contributed by atoms with E-state index in [1.54, 1.807) is 38.1 Å². The average molecular weight is 511 g/mol. The van der Waals surface area contributed by atoms with Gasteiger partial charge in [-0.3, -0.25) is 9.48 Å². The molecule has 3 aromatic rings. The molecule has 0 saturated heterocycles. The van der Waals surface area contributed by atoms with Crippen LogP contribution >= 0.6 is 0 Å². The molecule has 2 aromatic heterocycles. The molecular weight excluding hydrogens is 471 g/mol. The molecule has 1 aliphatic carbocycles. The van der Waals surface area contributed by atoms with E-state index < -0.39 is 17.2 Å². The summed E-state index contributed by atoms with van der Waals surface area (Å²) in [4.78, 5) is 17.3.